The Morgan fingerprint density at radius 1 is 1.13 bits per heavy atom. The van der Waals surface area contributed by atoms with Crippen LogP contribution in [0.25, 0.3) is 0 Å². The highest BCUT2D eigenvalue weighted by Crippen LogP contribution is 2.56. The molecule has 0 radical (unpaired) electrons. The van der Waals surface area contributed by atoms with Crippen molar-refractivity contribution in [2.45, 2.75) is 24.7 Å². The first kappa shape index (κ1) is 15.4. The van der Waals surface area contributed by atoms with Gasteiger partial charge in [-0.1, -0.05) is 17.2 Å². The zero-order valence-electron chi connectivity index (χ0n) is 11.4. The van der Waals surface area contributed by atoms with Gasteiger partial charge in [0.05, 0.1) is 17.5 Å². The van der Waals surface area contributed by atoms with Gasteiger partial charge in [0, 0.05) is 12.3 Å². The number of carbonyl (C=O) groups excluding carboxylic acids is 3. The number of amides is 2. The van der Waals surface area contributed by atoms with Crippen molar-refractivity contribution in [3.8, 4) is 0 Å². The Hall–Kier alpha value is -2.45. The lowest BCUT2D eigenvalue weighted by Crippen LogP contribution is -2.59. The predicted molar refractivity (Wildman–Crippen MR) is 65.7 cm³/mol. The lowest BCUT2D eigenvalue weighted by molar-refractivity contribution is -0.314. The number of alkyl halides is 4. The lowest BCUT2D eigenvalue weighted by atomic mass is 9.75. The SMILES string of the molecule is O=C(CC1CC(F)(F)C1(F)F)ON1C(=O)c2ccccc2C1=O. The van der Waals surface area contributed by atoms with Crippen molar-refractivity contribution in [2.75, 3.05) is 0 Å². The van der Waals surface area contributed by atoms with Crippen LogP contribution in [0.15, 0.2) is 24.3 Å². The fourth-order valence-electron chi connectivity index (χ4n) is 2.53. The molecule has 3 rings (SSSR count). The lowest BCUT2D eigenvalue weighted by Gasteiger charge is -2.43. The van der Waals surface area contributed by atoms with Crippen molar-refractivity contribution in [3.05, 3.63) is 35.4 Å². The van der Waals surface area contributed by atoms with Crippen molar-refractivity contribution >= 4 is 17.8 Å². The van der Waals surface area contributed by atoms with Crippen LogP contribution < -0.4 is 0 Å². The van der Waals surface area contributed by atoms with Gasteiger partial charge in [-0.25, -0.2) is 4.79 Å². The van der Waals surface area contributed by atoms with Crippen molar-refractivity contribution in [1.29, 1.82) is 0 Å². The maximum absolute atomic E-state index is 13.1. The van der Waals surface area contributed by atoms with E-state index in [0.29, 0.717) is 0 Å². The Balaban J connectivity index is 1.67. The number of rotatable bonds is 3. The zero-order chi connectivity index (χ0) is 17.0. The Kier molecular flexibility index (Phi) is 3.20. The number of nitrogens with zero attached hydrogens (tertiary/aromatic N) is 1. The van der Waals surface area contributed by atoms with Crippen LogP contribution in [0.2, 0.25) is 0 Å². The molecule has 0 bridgehead atoms. The summed E-state index contributed by atoms with van der Waals surface area (Å²) in [6.45, 7) is 0. The number of hydroxylamine groups is 2. The second-order valence-corrected chi connectivity index (χ2v) is 5.35. The maximum atomic E-state index is 13.1. The monoisotopic (exact) mass is 331 g/mol. The van der Waals surface area contributed by atoms with E-state index in [9.17, 15) is 31.9 Å². The van der Waals surface area contributed by atoms with Crippen LogP contribution in [0.1, 0.15) is 33.6 Å². The molecule has 1 fully saturated rings. The molecule has 23 heavy (non-hydrogen) atoms. The van der Waals surface area contributed by atoms with Crippen LogP contribution in [-0.2, 0) is 9.63 Å². The Morgan fingerprint density at radius 2 is 1.65 bits per heavy atom. The summed E-state index contributed by atoms with van der Waals surface area (Å²) in [5, 5.41) is 0.155. The average molecular weight is 331 g/mol. The second kappa shape index (κ2) is 4.77. The summed E-state index contributed by atoms with van der Waals surface area (Å²) in [6.07, 6.45) is -2.17. The van der Waals surface area contributed by atoms with Crippen molar-refractivity contribution in [2.24, 2.45) is 5.92 Å². The molecule has 1 unspecified atom stereocenters. The highest BCUT2D eigenvalue weighted by molar-refractivity contribution is 6.20. The van der Waals surface area contributed by atoms with Gasteiger partial charge < -0.3 is 4.84 Å². The van der Waals surface area contributed by atoms with E-state index in [2.05, 4.69) is 4.84 Å². The smallest absolute Gasteiger partial charge is 0.330 e. The quantitative estimate of drug-likeness (QED) is 0.630. The molecule has 2 aliphatic rings. The minimum Gasteiger partial charge on any atom is -0.330 e. The van der Waals surface area contributed by atoms with Crippen LogP contribution in [0.5, 0.6) is 0 Å². The maximum Gasteiger partial charge on any atom is 0.333 e. The molecule has 1 aliphatic heterocycles. The molecule has 1 aromatic rings. The van der Waals surface area contributed by atoms with E-state index in [4.69, 9.17) is 0 Å². The summed E-state index contributed by atoms with van der Waals surface area (Å²) >= 11 is 0. The molecule has 0 aromatic heterocycles. The van der Waals surface area contributed by atoms with Crippen molar-refractivity contribution < 1.29 is 36.8 Å². The van der Waals surface area contributed by atoms with Gasteiger partial charge in [-0.2, -0.15) is 17.6 Å². The number of carbonyl (C=O) groups is 3. The number of hydrogen-bond acceptors (Lipinski definition) is 4. The minimum absolute atomic E-state index is 0.00538. The molecule has 1 aliphatic carbocycles. The van der Waals surface area contributed by atoms with Gasteiger partial charge >= 0.3 is 17.8 Å². The van der Waals surface area contributed by atoms with E-state index in [1.807, 2.05) is 0 Å². The van der Waals surface area contributed by atoms with Crippen LogP contribution in [0, 0.1) is 5.92 Å². The first-order valence-electron chi connectivity index (χ1n) is 6.59. The number of fused-ring (bicyclic) bond motifs is 1. The summed E-state index contributed by atoms with van der Waals surface area (Å²) in [6, 6.07) is 5.66. The van der Waals surface area contributed by atoms with Crippen LogP contribution in [-0.4, -0.2) is 34.7 Å². The average Bonchev–Trinajstić information content (AvgIpc) is 2.72. The van der Waals surface area contributed by atoms with Gasteiger partial charge in [0.15, 0.2) is 0 Å². The van der Waals surface area contributed by atoms with E-state index in [-0.39, 0.29) is 16.2 Å². The molecule has 0 spiro atoms. The second-order valence-electron chi connectivity index (χ2n) is 5.35. The molecule has 0 saturated heterocycles. The Bertz CT molecular complexity index is 683. The third kappa shape index (κ3) is 2.18. The zero-order valence-corrected chi connectivity index (χ0v) is 11.4. The Morgan fingerprint density at radius 3 is 2.09 bits per heavy atom. The van der Waals surface area contributed by atoms with Gasteiger partial charge in [-0.05, 0) is 12.1 Å². The molecule has 9 heteroatoms. The van der Waals surface area contributed by atoms with E-state index < -0.39 is 48.4 Å². The summed E-state index contributed by atoms with van der Waals surface area (Å²) in [4.78, 5) is 39.9. The van der Waals surface area contributed by atoms with E-state index >= 15 is 0 Å². The normalized spacial score (nSPS) is 24.2. The van der Waals surface area contributed by atoms with Crippen molar-refractivity contribution in [1.82, 2.24) is 5.06 Å². The van der Waals surface area contributed by atoms with E-state index in [0.717, 1.165) is 0 Å². The number of halogens is 4. The first-order valence-corrected chi connectivity index (χ1v) is 6.59. The molecule has 0 N–H and O–H groups in total. The summed E-state index contributed by atoms with van der Waals surface area (Å²) in [5.74, 6) is -13.5. The number of benzene rings is 1. The predicted octanol–water partition coefficient (Wildman–Crippen LogP) is 2.42. The molecule has 5 nitrogen and oxygen atoms in total. The fourth-order valence-corrected chi connectivity index (χ4v) is 2.53. The first-order chi connectivity index (χ1) is 10.6. The number of hydrogen-bond donors (Lipinski definition) is 0. The third-order valence-electron chi connectivity index (χ3n) is 3.87. The van der Waals surface area contributed by atoms with E-state index in [1.54, 1.807) is 0 Å². The minimum atomic E-state index is -4.31. The van der Waals surface area contributed by atoms with Crippen LogP contribution in [0.4, 0.5) is 17.6 Å². The van der Waals surface area contributed by atoms with Gasteiger partial charge in [0.1, 0.15) is 0 Å². The third-order valence-corrected chi connectivity index (χ3v) is 3.87. The highest BCUT2D eigenvalue weighted by atomic mass is 19.3. The molecular weight excluding hydrogens is 322 g/mol. The van der Waals surface area contributed by atoms with Crippen LogP contribution >= 0.6 is 0 Å². The van der Waals surface area contributed by atoms with Gasteiger partial charge in [-0.3, -0.25) is 9.59 Å². The summed E-state index contributed by atoms with van der Waals surface area (Å²) in [7, 11) is 0. The molecule has 1 atom stereocenters. The summed E-state index contributed by atoms with van der Waals surface area (Å²) < 4.78 is 51.6. The molecule has 1 saturated carbocycles. The molecule has 1 aromatic carbocycles. The summed E-state index contributed by atoms with van der Waals surface area (Å²) in [5.41, 5.74) is 0.0108. The van der Waals surface area contributed by atoms with Gasteiger partial charge in [0.2, 0.25) is 0 Å². The molecule has 1 heterocycles. The van der Waals surface area contributed by atoms with Crippen molar-refractivity contribution in [3.63, 3.8) is 0 Å². The van der Waals surface area contributed by atoms with E-state index in [1.165, 1.54) is 24.3 Å². The fraction of sp³-hybridized carbons (Fsp3) is 0.357. The van der Waals surface area contributed by atoms with Crippen LogP contribution in [0.3, 0.4) is 0 Å². The molecular formula is C14H9F4NO4. The highest BCUT2D eigenvalue weighted by Gasteiger charge is 2.71. The Labute approximate surface area is 126 Å². The van der Waals surface area contributed by atoms with Gasteiger partial charge in [-0.15, -0.1) is 0 Å². The standard InChI is InChI=1S/C14H9F4NO4/c15-13(16)6-7(14(13,17)18)5-10(20)23-19-11(21)8-3-1-2-4-9(8)12(19)22/h1-4,7H,5-6H2. The molecule has 122 valence electrons. The van der Waals surface area contributed by atoms with Gasteiger partial charge in [0.25, 0.3) is 11.8 Å². The number of imide groups is 1. The largest absolute Gasteiger partial charge is 0.333 e. The topological polar surface area (TPSA) is 63.7 Å². The molecule has 2 amide bonds.